The molecule has 1 unspecified atom stereocenters. The lowest BCUT2D eigenvalue weighted by Gasteiger charge is -2.57. The highest BCUT2D eigenvalue weighted by Gasteiger charge is 2.54. The SMILES string of the molecule is Cc1ccc(-c2cc3c4c(c2)C(C)(C)c2cccc5c2N4C2=C(CC(c4ccc(C)cc4)C=C2C3(C)C)C5(C)C)cc1. The Morgan fingerprint density at radius 1 is 0.595 bits per heavy atom. The van der Waals surface area contributed by atoms with Gasteiger partial charge in [0.25, 0.3) is 0 Å². The highest BCUT2D eigenvalue weighted by Crippen LogP contribution is 2.66. The second-order valence-corrected chi connectivity index (χ2v) is 14.8. The molecule has 3 aliphatic heterocycles. The molecule has 0 fully saturated rings. The van der Waals surface area contributed by atoms with Crippen molar-refractivity contribution >= 4 is 11.4 Å². The average molecular weight is 548 g/mol. The Bertz CT molecular complexity index is 1870. The summed E-state index contributed by atoms with van der Waals surface area (Å²) in [6.45, 7) is 19.1. The minimum Gasteiger partial charge on any atom is -0.309 e. The maximum Gasteiger partial charge on any atom is 0.0544 e. The van der Waals surface area contributed by atoms with Crippen molar-refractivity contribution in [1.29, 1.82) is 0 Å². The first-order valence-corrected chi connectivity index (χ1v) is 15.6. The van der Waals surface area contributed by atoms with E-state index in [0.717, 1.165) is 6.42 Å². The first kappa shape index (κ1) is 25.8. The molecule has 1 nitrogen and oxygen atoms in total. The molecule has 1 aliphatic carbocycles. The van der Waals surface area contributed by atoms with Crippen LogP contribution < -0.4 is 4.90 Å². The summed E-state index contributed by atoms with van der Waals surface area (Å²) < 4.78 is 0. The molecule has 0 amide bonds. The summed E-state index contributed by atoms with van der Waals surface area (Å²) in [7, 11) is 0. The average Bonchev–Trinajstić information content (AvgIpc) is 2.96. The topological polar surface area (TPSA) is 3.24 Å². The third-order valence-corrected chi connectivity index (χ3v) is 11.2. The molecule has 0 saturated carbocycles. The van der Waals surface area contributed by atoms with Crippen molar-refractivity contribution in [2.24, 2.45) is 0 Å². The van der Waals surface area contributed by atoms with Gasteiger partial charge < -0.3 is 4.90 Å². The summed E-state index contributed by atoms with van der Waals surface area (Å²) in [5.74, 6) is 0.366. The molecule has 0 radical (unpaired) electrons. The largest absolute Gasteiger partial charge is 0.309 e. The van der Waals surface area contributed by atoms with E-state index in [-0.39, 0.29) is 16.2 Å². The van der Waals surface area contributed by atoms with Crippen LogP contribution >= 0.6 is 0 Å². The standard InChI is InChI=1S/C41H41N/c1-24-12-16-26(17-13-24)28-20-32-37-34(22-28)41(7,8)35-23-29(27-18-14-25(2)15-19-27)21-33-38(35)42(37)36-30(39(32,3)4)10-9-11-31(36)40(33,5)6/h9-20,22-23,29H,21H2,1-8H3. The van der Waals surface area contributed by atoms with Crippen molar-refractivity contribution in [3.63, 3.8) is 0 Å². The molecule has 4 aliphatic rings. The number of aryl methyl sites for hydroxylation is 2. The summed E-state index contributed by atoms with van der Waals surface area (Å²) in [5, 5.41) is 0. The van der Waals surface area contributed by atoms with Crippen molar-refractivity contribution < 1.29 is 0 Å². The second kappa shape index (κ2) is 8.16. The normalized spacial score (nSPS) is 21.6. The fourth-order valence-corrected chi connectivity index (χ4v) is 8.48. The highest BCUT2D eigenvalue weighted by molar-refractivity contribution is 5.94. The van der Waals surface area contributed by atoms with Gasteiger partial charge in [-0.05, 0) is 82.5 Å². The fraction of sp³-hybridized carbons (Fsp3) is 0.317. The Hall–Kier alpha value is -3.84. The lowest BCUT2D eigenvalue weighted by atomic mass is 9.57. The van der Waals surface area contributed by atoms with Crippen LogP contribution in [0.25, 0.3) is 11.1 Å². The van der Waals surface area contributed by atoms with Gasteiger partial charge in [-0.1, -0.05) is 125 Å². The molecule has 0 aromatic heterocycles. The Kier molecular flexibility index (Phi) is 5.02. The lowest BCUT2D eigenvalue weighted by molar-refractivity contribution is 0.505. The van der Waals surface area contributed by atoms with Crippen LogP contribution in [0.2, 0.25) is 0 Å². The number of anilines is 2. The van der Waals surface area contributed by atoms with Crippen LogP contribution in [-0.2, 0) is 16.2 Å². The Morgan fingerprint density at radius 2 is 1.14 bits per heavy atom. The van der Waals surface area contributed by atoms with Crippen molar-refractivity contribution in [1.82, 2.24) is 0 Å². The monoisotopic (exact) mass is 547 g/mol. The molecule has 1 heteroatoms. The van der Waals surface area contributed by atoms with Gasteiger partial charge in [0, 0.05) is 22.2 Å². The molecule has 0 N–H and O–H groups in total. The highest BCUT2D eigenvalue weighted by atomic mass is 15.2. The van der Waals surface area contributed by atoms with Crippen molar-refractivity contribution in [3.8, 4) is 11.1 Å². The Labute approximate surface area is 251 Å². The van der Waals surface area contributed by atoms with E-state index in [9.17, 15) is 0 Å². The number of allylic oxidation sites excluding steroid dienone is 3. The number of benzene rings is 4. The molecule has 0 bridgehead atoms. The number of para-hydroxylation sites is 1. The van der Waals surface area contributed by atoms with Crippen LogP contribution in [0.3, 0.4) is 0 Å². The molecule has 4 aromatic carbocycles. The third-order valence-electron chi connectivity index (χ3n) is 11.2. The summed E-state index contributed by atoms with van der Waals surface area (Å²) in [4.78, 5) is 2.71. The fourth-order valence-electron chi connectivity index (χ4n) is 8.48. The molecule has 210 valence electrons. The smallest absolute Gasteiger partial charge is 0.0544 e. The Balaban J connectivity index is 1.48. The number of nitrogens with zero attached hydrogens (tertiary/aromatic N) is 1. The number of hydrogen-bond donors (Lipinski definition) is 0. The van der Waals surface area contributed by atoms with E-state index in [2.05, 4.69) is 145 Å². The van der Waals surface area contributed by atoms with Crippen molar-refractivity contribution in [2.75, 3.05) is 4.90 Å². The van der Waals surface area contributed by atoms with Gasteiger partial charge in [-0.15, -0.1) is 0 Å². The summed E-state index contributed by atoms with van der Waals surface area (Å²) in [5.41, 5.74) is 19.6. The minimum atomic E-state index is -0.138. The molecule has 1 atom stereocenters. The molecule has 0 spiro atoms. The Morgan fingerprint density at radius 3 is 1.79 bits per heavy atom. The van der Waals surface area contributed by atoms with Crippen LogP contribution in [0.5, 0.6) is 0 Å². The maximum absolute atomic E-state index is 2.71. The van der Waals surface area contributed by atoms with E-state index >= 15 is 0 Å². The van der Waals surface area contributed by atoms with E-state index < -0.39 is 0 Å². The summed E-state index contributed by atoms with van der Waals surface area (Å²) in [6.07, 6.45) is 3.69. The van der Waals surface area contributed by atoms with Crippen LogP contribution in [-0.4, -0.2) is 0 Å². The summed E-state index contributed by atoms with van der Waals surface area (Å²) >= 11 is 0. The molecule has 3 heterocycles. The summed E-state index contributed by atoms with van der Waals surface area (Å²) in [6, 6.07) is 30.5. The van der Waals surface area contributed by atoms with Gasteiger partial charge >= 0.3 is 0 Å². The predicted molar refractivity (Wildman–Crippen MR) is 177 cm³/mol. The predicted octanol–water partition coefficient (Wildman–Crippen LogP) is 10.7. The van der Waals surface area contributed by atoms with Crippen LogP contribution in [0.15, 0.2) is 102 Å². The first-order valence-electron chi connectivity index (χ1n) is 15.6. The molecule has 4 aromatic rings. The van der Waals surface area contributed by atoms with Crippen LogP contribution in [0, 0.1) is 13.8 Å². The van der Waals surface area contributed by atoms with Gasteiger partial charge in [0.1, 0.15) is 0 Å². The minimum absolute atomic E-state index is 0.0529. The quantitative estimate of drug-likeness (QED) is 0.241. The van der Waals surface area contributed by atoms with E-state index in [4.69, 9.17) is 0 Å². The van der Waals surface area contributed by atoms with E-state index in [1.165, 1.54) is 72.7 Å². The van der Waals surface area contributed by atoms with Gasteiger partial charge in [-0.3, -0.25) is 0 Å². The zero-order valence-corrected chi connectivity index (χ0v) is 26.3. The van der Waals surface area contributed by atoms with Crippen LogP contribution in [0.4, 0.5) is 11.4 Å². The number of rotatable bonds is 2. The van der Waals surface area contributed by atoms with E-state index in [0.29, 0.717) is 5.92 Å². The van der Waals surface area contributed by atoms with Gasteiger partial charge in [0.2, 0.25) is 0 Å². The van der Waals surface area contributed by atoms with Gasteiger partial charge in [0.15, 0.2) is 0 Å². The first-order chi connectivity index (χ1) is 19.9. The number of hydrogen-bond acceptors (Lipinski definition) is 1. The van der Waals surface area contributed by atoms with Gasteiger partial charge in [-0.25, -0.2) is 0 Å². The maximum atomic E-state index is 2.71. The van der Waals surface area contributed by atoms with Crippen molar-refractivity contribution in [2.45, 2.75) is 84.0 Å². The molecular formula is C41H41N. The third kappa shape index (κ3) is 3.20. The van der Waals surface area contributed by atoms with Gasteiger partial charge in [-0.2, -0.15) is 0 Å². The van der Waals surface area contributed by atoms with E-state index in [1.807, 2.05) is 0 Å². The molecular weight excluding hydrogens is 506 g/mol. The van der Waals surface area contributed by atoms with Crippen LogP contribution in [0.1, 0.15) is 92.8 Å². The van der Waals surface area contributed by atoms with Crippen molar-refractivity contribution in [3.05, 3.63) is 141 Å². The molecule has 8 rings (SSSR count). The second-order valence-electron chi connectivity index (χ2n) is 14.8. The molecule has 0 saturated heterocycles. The zero-order valence-electron chi connectivity index (χ0n) is 26.3. The zero-order chi connectivity index (χ0) is 29.3. The lowest BCUT2D eigenvalue weighted by Crippen LogP contribution is -2.48. The molecule has 42 heavy (non-hydrogen) atoms. The van der Waals surface area contributed by atoms with E-state index in [1.54, 1.807) is 5.57 Å². The van der Waals surface area contributed by atoms with Gasteiger partial charge in [0.05, 0.1) is 17.1 Å².